The van der Waals surface area contributed by atoms with E-state index in [0.717, 1.165) is 25.4 Å². The van der Waals surface area contributed by atoms with E-state index >= 15 is 0 Å². The van der Waals surface area contributed by atoms with E-state index in [1.807, 2.05) is 21.5 Å². The summed E-state index contributed by atoms with van der Waals surface area (Å²) in [5, 5.41) is 3.59. The summed E-state index contributed by atoms with van der Waals surface area (Å²) in [6.45, 7) is 4.08. The molecule has 0 aromatic carbocycles. The molecule has 2 fully saturated rings. The predicted molar refractivity (Wildman–Crippen MR) is 71.8 cm³/mol. The minimum Gasteiger partial charge on any atom is -0.312 e. The highest BCUT2D eigenvalue weighted by Gasteiger charge is 2.32. The number of rotatable bonds is 7. The Morgan fingerprint density at radius 2 is 2.11 bits per heavy atom. The summed E-state index contributed by atoms with van der Waals surface area (Å²) < 4.78 is 3.80. The quantitative estimate of drug-likeness (QED) is 0.800. The summed E-state index contributed by atoms with van der Waals surface area (Å²) in [7, 11) is 0. The Morgan fingerprint density at radius 1 is 1.33 bits per heavy atom. The van der Waals surface area contributed by atoms with Crippen LogP contribution in [0.5, 0.6) is 0 Å². The van der Waals surface area contributed by atoms with Crippen molar-refractivity contribution in [2.24, 2.45) is 5.92 Å². The molecule has 0 bridgehead atoms. The van der Waals surface area contributed by atoms with E-state index < -0.39 is 0 Å². The van der Waals surface area contributed by atoms with Crippen LogP contribution < -0.4 is 11.0 Å². The van der Waals surface area contributed by atoms with Gasteiger partial charge in [0, 0.05) is 31.0 Å². The molecule has 1 heterocycles. The molecular weight excluding hydrogens is 226 g/mol. The fourth-order valence-electron chi connectivity index (χ4n) is 2.62. The highest BCUT2D eigenvalue weighted by atomic mass is 16.1. The average Bonchev–Trinajstić information content (AvgIpc) is 3.25. The lowest BCUT2D eigenvalue weighted by molar-refractivity contribution is 0.400. The van der Waals surface area contributed by atoms with Gasteiger partial charge in [0.15, 0.2) is 0 Å². The molecule has 1 unspecified atom stereocenters. The minimum absolute atomic E-state index is 0.182. The van der Waals surface area contributed by atoms with Gasteiger partial charge < -0.3 is 5.32 Å². The Bertz CT molecular complexity index is 454. The van der Waals surface area contributed by atoms with Crippen molar-refractivity contribution in [3.05, 3.63) is 22.9 Å². The lowest BCUT2D eigenvalue weighted by Gasteiger charge is -2.18. The standard InChI is InChI=1S/C14H23N3O/c1-2-7-15-13(11-3-4-11)10-16-8-9-17(14(16)18)12-5-6-12/h8-9,11-13,15H,2-7,10H2,1H3. The summed E-state index contributed by atoms with van der Waals surface area (Å²) >= 11 is 0. The van der Waals surface area contributed by atoms with Gasteiger partial charge in [-0.25, -0.2) is 4.79 Å². The first kappa shape index (κ1) is 12.0. The Hall–Kier alpha value is -1.03. The van der Waals surface area contributed by atoms with Crippen molar-refractivity contribution in [1.29, 1.82) is 0 Å². The van der Waals surface area contributed by atoms with Crippen LogP contribution in [0.2, 0.25) is 0 Å². The molecule has 4 heteroatoms. The molecule has 2 aliphatic rings. The fourth-order valence-corrected chi connectivity index (χ4v) is 2.62. The van der Waals surface area contributed by atoms with Crippen LogP contribution in [0.3, 0.4) is 0 Å². The minimum atomic E-state index is 0.182. The van der Waals surface area contributed by atoms with Crippen LogP contribution in [0.25, 0.3) is 0 Å². The molecule has 0 aliphatic heterocycles. The van der Waals surface area contributed by atoms with Gasteiger partial charge in [0.2, 0.25) is 0 Å². The van der Waals surface area contributed by atoms with Crippen molar-refractivity contribution < 1.29 is 0 Å². The molecule has 1 atom stereocenters. The number of hydrogen-bond donors (Lipinski definition) is 1. The number of aromatic nitrogens is 2. The van der Waals surface area contributed by atoms with E-state index in [2.05, 4.69) is 12.2 Å². The van der Waals surface area contributed by atoms with Crippen molar-refractivity contribution >= 4 is 0 Å². The van der Waals surface area contributed by atoms with Crippen LogP contribution in [0.4, 0.5) is 0 Å². The monoisotopic (exact) mass is 249 g/mol. The Kier molecular flexibility index (Phi) is 3.29. The van der Waals surface area contributed by atoms with E-state index in [9.17, 15) is 4.79 Å². The molecular formula is C14H23N3O. The first-order valence-corrected chi connectivity index (χ1v) is 7.30. The lowest BCUT2D eigenvalue weighted by atomic mass is 10.2. The molecule has 2 saturated carbocycles. The van der Waals surface area contributed by atoms with Crippen LogP contribution >= 0.6 is 0 Å². The molecule has 3 rings (SSSR count). The van der Waals surface area contributed by atoms with E-state index in [-0.39, 0.29) is 5.69 Å². The number of nitrogens with zero attached hydrogens (tertiary/aromatic N) is 2. The maximum absolute atomic E-state index is 12.2. The van der Waals surface area contributed by atoms with E-state index in [1.54, 1.807) is 0 Å². The van der Waals surface area contributed by atoms with E-state index in [4.69, 9.17) is 0 Å². The third-order valence-electron chi connectivity index (χ3n) is 4.06. The Balaban J connectivity index is 1.67. The first-order chi connectivity index (χ1) is 8.79. The third kappa shape index (κ3) is 2.53. The molecule has 0 radical (unpaired) electrons. The van der Waals surface area contributed by atoms with E-state index in [0.29, 0.717) is 12.1 Å². The van der Waals surface area contributed by atoms with Crippen molar-refractivity contribution in [2.45, 2.75) is 57.7 Å². The SMILES string of the molecule is CCCNC(Cn1ccn(C2CC2)c1=O)C1CC1. The van der Waals surface area contributed by atoms with Crippen LogP contribution in [-0.4, -0.2) is 21.7 Å². The largest absolute Gasteiger partial charge is 0.328 e. The normalized spacial score (nSPS) is 21.2. The van der Waals surface area contributed by atoms with Gasteiger partial charge in [0.1, 0.15) is 0 Å². The molecule has 1 aromatic rings. The van der Waals surface area contributed by atoms with Crippen LogP contribution in [0, 0.1) is 5.92 Å². The van der Waals surface area contributed by atoms with Crippen molar-refractivity contribution in [1.82, 2.24) is 14.5 Å². The van der Waals surface area contributed by atoms with Gasteiger partial charge in [-0.15, -0.1) is 0 Å². The van der Waals surface area contributed by atoms with Gasteiger partial charge in [-0.3, -0.25) is 9.13 Å². The van der Waals surface area contributed by atoms with Crippen LogP contribution in [0.1, 0.15) is 45.1 Å². The summed E-state index contributed by atoms with van der Waals surface area (Å²) in [4.78, 5) is 12.2. The second-order valence-corrected chi connectivity index (χ2v) is 5.77. The molecule has 1 aromatic heterocycles. The number of imidazole rings is 1. The smallest absolute Gasteiger partial charge is 0.312 e. The lowest BCUT2D eigenvalue weighted by Crippen LogP contribution is -2.38. The highest BCUT2D eigenvalue weighted by molar-refractivity contribution is 4.94. The van der Waals surface area contributed by atoms with Crippen LogP contribution in [0.15, 0.2) is 17.2 Å². The fraction of sp³-hybridized carbons (Fsp3) is 0.786. The third-order valence-corrected chi connectivity index (χ3v) is 4.06. The van der Waals surface area contributed by atoms with Crippen molar-refractivity contribution in [3.63, 3.8) is 0 Å². The highest BCUT2D eigenvalue weighted by Crippen LogP contribution is 2.34. The maximum atomic E-state index is 12.2. The molecule has 1 N–H and O–H groups in total. The molecule has 18 heavy (non-hydrogen) atoms. The Morgan fingerprint density at radius 3 is 2.72 bits per heavy atom. The first-order valence-electron chi connectivity index (χ1n) is 7.30. The van der Waals surface area contributed by atoms with E-state index in [1.165, 1.54) is 25.7 Å². The van der Waals surface area contributed by atoms with Gasteiger partial charge >= 0.3 is 5.69 Å². The van der Waals surface area contributed by atoms with Crippen LogP contribution in [-0.2, 0) is 6.54 Å². The number of hydrogen-bond acceptors (Lipinski definition) is 2. The summed E-state index contributed by atoms with van der Waals surface area (Å²) in [6, 6.07) is 0.972. The summed E-state index contributed by atoms with van der Waals surface area (Å²) in [6.07, 6.45) is 10.1. The zero-order valence-corrected chi connectivity index (χ0v) is 11.1. The topological polar surface area (TPSA) is 39.0 Å². The van der Waals surface area contributed by atoms with Crippen molar-refractivity contribution in [3.8, 4) is 0 Å². The van der Waals surface area contributed by atoms with Gasteiger partial charge in [-0.05, 0) is 44.6 Å². The maximum Gasteiger partial charge on any atom is 0.328 e. The summed E-state index contributed by atoms with van der Waals surface area (Å²) in [5.74, 6) is 0.785. The Labute approximate surface area is 108 Å². The number of nitrogens with one attached hydrogen (secondary N) is 1. The molecule has 0 saturated heterocycles. The predicted octanol–water partition coefficient (Wildman–Crippen LogP) is 1.76. The molecule has 100 valence electrons. The second-order valence-electron chi connectivity index (χ2n) is 5.77. The van der Waals surface area contributed by atoms with Gasteiger partial charge in [-0.2, -0.15) is 0 Å². The van der Waals surface area contributed by atoms with Gasteiger partial charge in [-0.1, -0.05) is 6.92 Å². The summed E-state index contributed by atoms with van der Waals surface area (Å²) in [5.41, 5.74) is 0.182. The average molecular weight is 249 g/mol. The van der Waals surface area contributed by atoms with Gasteiger partial charge in [0.25, 0.3) is 0 Å². The van der Waals surface area contributed by atoms with Gasteiger partial charge in [0.05, 0.1) is 0 Å². The zero-order valence-electron chi connectivity index (χ0n) is 11.1. The molecule has 2 aliphatic carbocycles. The second kappa shape index (κ2) is 4.92. The molecule has 0 spiro atoms. The van der Waals surface area contributed by atoms with Crippen molar-refractivity contribution in [2.75, 3.05) is 6.54 Å². The zero-order chi connectivity index (χ0) is 12.5. The molecule has 4 nitrogen and oxygen atoms in total. The molecule has 0 amide bonds.